The summed E-state index contributed by atoms with van der Waals surface area (Å²) in [7, 11) is 0. The molecule has 1 aromatic carbocycles. The number of hydrogen-bond donors (Lipinski definition) is 1. The zero-order valence-electron chi connectivity index (χ0n) is 11.5. The number of imide groups is 1. The molecule has 6 heteroatoms. The molecule has 1 atom stereocenters. The highest BCUT2D eigenvalue weighted by molar-refractivity contribution is 6.16. The minimum absolute atomic E-state index is 0.0755. The Balaban J connectivity index is 2.31. The van der Waals surface area contributed by atoms with Crippen molar-refractivity contribution in [3.05, 3.63) is 29.8 Å². The second kappa shape index (κ2) is 4.85. The number of nitrogens with zero attached hydrogens (tertiary/aromatic N) is 1. The maximum absolute atomic E-state index is 13.7. The molecule has 4 nitrogen and oxygen atoms in total. The number of carbonyl (C=O) groups excluding carboxylic acids is 2. The zero-order valence-corrected chi connectivity index (χ0v) is 11.5. The third-order valence-electron chi connectivity index (χ3n) is 3.32. The molecule has 1 heterocycles. The Kier molecular flexibility index (Phi) is 3.50. The summed E-state index contributed by atoms with van der Waals surface area (Å²) in [5.74, 6) is -2.20. The molecule has 1 fully saturated rings. The van der Waals surface area contributed by atoms with E-state index in [4.69, 9.17) is 0 Å². The highest BCUT2D eigenvalue weighted by atomic mass is 19.1. The largest absolute Gasteiger partial charge is 0.334 e. The van der Waals surface area contributed by atoms with Crippen LogP contribution < -0.4 is 10.2 Å². The Hall–Kier alpha value is -1.98. The van der Waals surface area contributed by atoms with Crippen molar-refractivity contribution in [2.45, 2.75) is 33.2 Å². The van der Waals surface area contributed by atoms with Crippen molar-refractivity contribution in [2.24, 2.45) is 5.41 Å². The average Bonchev–Trinajstić information content (AvgIpc) is 2.29. The molecule has 3 amide bonds. The SMILES string of the molecule is CC(C)(C)C1CC(=O)N(c2ccc(F)cc2F)C(=O)N1. The monoisotopic (exact) mass is 282 g/mol. The minimum atomic E-state index is -0.942. The van der Waals surface area contributed by atoms with Gasteiger partial charge in [-0.25, -0.2) is 18.5 Å². The van der Waals surface area contributed by atoms with Crippen LogP contribution in [0.25, 0.3) is 0 Å². The number of carbonyl (C=O) groups is 2. The number of hydrogen-bond acceptors (Lipinski definition) is 2. The van der Waals surface area contributed by atoms with Gasteiger partial charge in [-0.3, -0.25) is 4.79 Å². The molecule has 0 spiro atoms. The Labute approximate surface area is 115 Å². The minimum Gasteiger partial charge on any atom is -0.334 e. The predicted octanol–water partition coefficient (Wildman–Crippen LogP) is 2.83. The van der Waals surface area contributed by atoms with Crippen LogP contribution in [0.15, 0.2) is 18.2 Å². The summed E-state index contributed by atoms with van der Waals surface area (Å²) < 4.78 is 26.6. The molecular formula is C14H16F2N2O2. The lowest BCUT2D eigenvalue weighted by atomic mass is 9.83. The van der Waals surface area contributed by atoms with Gasteiger partial charge in [-0.2, -0.15) is 0 Å². The third-order valence-corrected chi connectivity index (χ3v) is 3.32. The molecule has 0 saturated carbocycles. The van der Waals surface area contributed by atoms with Crippen LogP contribution in [0, 0.1) is 17.0 Å². The molecule has 1 unspecified atom stereocenters. The lowest BCUT2D eigenvalue weighted by molar-refractivity contribution is -0.119. The Bertz CT molecular complexity index is 549. The van der Waals surface area contributed by atoms with E-state index < -0.39 is 23.6 Å². The second-order valence-electron chi connectivity index (χ2n) is 5.90. The highest BCUT2D eigenvalue weighted by Crippen LogP contribution is 2.29. The van der Waals surface area contributed by atoms with Gasteiger partial charge in [0.25, 0.3) is 0 Å². The van der Waals surface area contributed by atoms with Crippen molar-refractivity contribution in [3.8, 4) is 0 Å². The van der Waals surface area contributed by atoms with Crippen molar-refractivity contribution < 1.29 is 18.4 Å². The second-order valence-corrected chi connectivity index (χ2v) is 5.90. The molecule has 2 rings (SSSR count). The summed E-state index contributed by atoms with van der Waals surface area (Å²) in [4.78, 5) is 24.9. The van der Waals surface area contributed by atoms with E-state index in [-0.39, 0.29) is 23.6 Å². The Morgan fingerprint density at radius 2 is 1.90 bits per heavy atom. The summed E-state index contributed by atoms with van der Waals surface area (Å²) in [5.41, 5.74) is -0.514. The van der Waals surface area contributed by atoms with E-state index in [1.165, 1.54) is 0 Å². The van der Waals surface area contributed by atoms with Crippen molar-refractivity contribution in [1.29, 1.82) is 0 Å². The van der Waals surface area contributed by atoms with Gasteiger partial charge in [0.2, 0.25) is 5.91 Å². The molecular weight excluding hydrogens is 266 g/mol. The Morgan fingerprint density at radius 3 is 2.40 bits per heavy atom. The molecule has 0 bridgehead atoms. The molecule has 0 radical (unpaired) electrons. The summed E-state index contributed by atoms with van der Waals surface area (Å²) in [6.07, 6.45) is 0.0755. The first-order chi connectivity index (χ1) is 9.20. The summed E-state index contributed by atoms with van der Waals surface area (Å²) in [6.45, 7) is 5.71. The van der Waals surface area contributed by atoms with Gasteiger partial charge in [0, 0.05) is 18.5 Å². The smallest absolute Gasteiger partial charge is 0.329 e. The van der Waals surface area contributed by atoms with Crippen LogP contribution in [0.4, 0.5) is 19.3 Å². The van der Waals surface area contributed by atoms with E-state index in [1.807, 2.05) is 20.8 Å². The maximum atomic E-state index is 13.7. The fourth-order valence-electron chi connectivity index (χ4n) is 2.07. The van der Waals surface area contributed by atoms with Crippen LogP contribution in [-0.4, -0.2) is 18.0 Å². The van der Waals surface area contributed by atoms with Gasteiger partial charge in [0.15, 0.2) is 0 Å². The number of nitrogens with one attached hydrogen (secondary N) is 1. The van der Waals surface area contributed by atoms with Gasteiger partial charge in [-0.1, -0.05) is 20.8 Å². The number of amides is 3. The van der Waals surface area contributed by atoms with Crippen LogP contribution >= 0.6 is 0 Å². The van der Waals surface area contributed by atoms with Gasteiger partial charge in [-0.15, -0.1) is 0 Å². The van der Waals surface area contributed by atoms with E-state index in [2.05, 4.69) is 5.32 Å². The quantitative estimate of drug-likeness (QED) is 0.861. The lowest BCUT2D eigenvalue weighted by Crippen LogP contribution is -2.58. The van der Waals surface area contributed by atoms with Crippen LogP contribution in [0.5, 0.6) is 0 Å². The van der Waals surface area contributed by atoms with Gasteiger partial charge in [0.1, 0.15) is 11.6 Å². The fraction of sp³-hybridized carbons (Fsp3) is 0.429. The van der Waals surface area contributed by atoms with Crippen LogP contribution in [0.1, 0.15) is 27.2 Å². The molecule has 1 aromatic rings. The van der Waals surface area contributed by atoms with E-state index in [1.54, 1.807) is 0 Å². The van der Waals surface area contributed by atoms with Crippen LogP contribution in [-0.2, 0) is 4.79 Å². The van der Waals surface area contributed by atoms with Crippen molar-refractivity contribution in [2.75, 3.05) is 4.90 Å². The number of urea groups is 1. The van der Waals surface area contributed by atoms with Crippen LogP contribution in [0.3, 0.4) is 0 Å². The molecule has 1 aliphatic heterocycles. The van der Waals surface area contributed by atoms with Crippen LogP contribution in [0.2, 0.25) is 0 Å². The third kappa shape index (κ3) is 2.64. The van der Waals surface area contributed by atoms with Gasteiger partial charge >= 0.3 is 6.03 Å². The molecule has 0 aromatic heterocycles. The first-order valence-electron chi connectivity index (χ1n) is 6.28. The molecule has 1 aliphatic rings. The molecule has 108 valence electrons. The number of rotatable bonds is 1. The zero-order chi connectivity index (χ0) is 15.1. The summed E-state index contributed by atoms with van der Waals surface area (Å²) in [6, 6.07) is 1.73. The van der Waals surface area contributed by atoms with E-state index in [0.717, 1.165) is 17.0 Å². The molecule has 1 saturated heterocycles. The molecule has 20 heavy (non-hydrogen) atoms. The number of benzene rings is 1. The maximum Gasteiger partial charge on any atom is 0.329 e. The fourth-order valence-corrected chi connectivity index (χ4v) is 2.07. The lowest BCUT2D eigenvalue weighted by Gasteiger charge is -2.38. The van der Waals surface area contributed by atoms with Crippen molar-refractivity contribution in [3.63, 3.8) is 0 Å². The van der Waals surface area contributed by atoms with E-state index in [0.29, 0.717) is 6.07 Å². The predicted molar refractivity (Wildman–Crippen MR) is 70.2 cm³/mol. The standard InChI is InChI=1S/C14H16F2N2O2/c1-14(2,3)11-7-12(19)18(13(20)17-11)10-5-4-8(15)6-9(10)16/h4-6,11H,7H2,1-3H3,(H,17,20). The Morgan fingerprint density at radius 1 is 1.25 bits per heavy atom. The van der Waals surface area contributed by atoms with Crippen molar-refractivity contribution in [1.82, 2.24) is 5.32 Å². The highest BCUT2D eigenvalue weighted by Gasteiger charge is 2.39. The van der Waals surface area contributed by atoms with Gasteiger partial charge < -0.3 is 5.32 Å². The first kappa shape index (κ1) is 14.4. The average molecular weight is 282 g/mol. The first-order valence-corrected chi connectivity index (χ1v) is 6.28. The number of halogens is 2. The van der Waals surface area contributed by atoms with E-state index in [9.17, 15) is 18.4 Å². The van der Waals surface area contributed by atoms with Crippen molar-refractivity contribution >= 4 is 17.6 Å². The topological polar surface area (TPSA) is 49.4 Å². The van der Waals surface area contributed by atoms with Gasteiger partial charge in [0.05, 0.1) is 5.69 Å². The summed E-state index contributed by atoms with van der Waals surface area (Å²) in [5, 5.41) is 2.68. The normalized spacial score (nSPS) is 20.1. The van der Waals surface area contributed by atoms with E-state index >= 15 is 0 Å². The molecule has 1 N–H and O–H groups in total. The van der Waals surface area contributed by atoms with Gasteiger partial charge in [-0.05, 0) is 17.5 Å². The summed E-state index contributed by atoms with van der Waals surface area (Å²) >= 11 is 0. The number of anilines is 1. The molecule has 0 aliphatic carbocycles.